The van der Waals surface area contributed by atoms with E-state index < -0.39 is 18.8 Å². The molecule has 1 rings (SSSR count). The minimum Gasteiger partial charge on any atom is -0.323 e. The maximum absolute atomic E-state index is 12.4. The van der Waals surface area contributed by atoms with Crippen molar-refractivity contribution in [1.82, 2.24) is 4.90 Å². The van der Waals surface area contributed by atoms with Crippen molar-refractivity contribution in [3.8, 4) is 0 Å². The van der Waals surface area contributed by atoms with E-state index in [1.807, 2.05) is 32.0 Å². The van der Waals surface area contributed by atoms with E-state index in [0.29, 0.717) is 6.54 Å². The Morgan fingerprint density at radius 2 is 1.89 bits per heavy atom. The first-order chi connectivity index (χ1) is 8.73. The molecule has 1 unspecified atom stereocenters. The molecule has 2 N–H and O–H groups in total. The first-order valence-corrected chi connectivity index (χ1v) is 6.34. The van der Waals surface area contributed by atoms with Gasteiger partial charge in [0.1, 0.15) is 0 Å². The van der Waals surface area contributed by atoms with Crippen molar-refractivity contribution >= 4 is 0 Å². The lowest BCUT2D eigenvalue weighted by molar-refractivity contribution is -0.145. The quantitative estimate of drug-likeness (QED) is 0.893. The van der Waals surface area contributed by atoms with Crippen LogP contribution >= 0.6 is 0 Å². The van der Waals surface area contributed by atoms with Gasteiger partial charge in [-0.25, -0.2) is 0 Å². The molecule has 0 radical (unpaired) electrons. The van der Waals surface area contributed by atoms with Gasteiger partial charge >= 0.3 is 6.18 Å². The standard InChI is InChI=1S/C14H21F3N2/c1-4-19(9-14(15,16)17)8-13(18)12-6-5-10(2)7-11(12)3/h5-7,13H,4,8-9,18H2,1-3H3. The molecule has 1 aromatic carbocycles. The monoisotopic (exact) mass is 274 g/mol. The summed E-state index contributed by atoms with van der Waals surface area (Å²) in [5.41, 5.74) is 9.09. The van der Waals surface area contributed by atoms with Crippen LogP contribution < -0.4 is 5.73 Å². The smallest absolute Gasteiger partial charge is 0.323 e. The van der Waals surface area contributed by atoms with Crippen LogP contribution in [0.1, 0.15) is 29.7 Å². The van der Waals surface area contributed by atoms with Gasteiger partial charge < -0.3 is 5.73 Å². The Hall–Kier alpha value is -1.07. The molecule has 0 aliphatic carbocycles. The Bertz CT molecular complexity index is 416. The topological polar surface area (TPSA) is 29.3 Å². The normalized spacial score (nSPS) is 13.9. The highest BCUT2D eigenvalue weighted by Crippen LogP contribution is 2.21. The van der Waals surface area contributed by atoms with E-state index in [1.54, 1.807) is 6.92 Å². The van der Waals surface area contributed by atoms with Gasteiger partial charge in [0.15, 0.2) is 0 Å². The fraction of sp³-hybridized carbons (Fsp3) is 0.571. The zero-order valence-corrected chi connectivity index (χ0v) is 11.6. The Morgan fingerprint density at radius 1 is 1.26 bits per heavy atom. The van der Waals surface area contributed by atoms with Gasteiger partial charge in [0.05, 0.1) is 6.54 Å². The number of likely N-dealkylation sites (N-methyl/N-ethyl adjacent to an activating group) is 1. The molecule has 2 nitrogen and oxygen atoms in total. The Kier molecular flexibility index (Phi) is 5.38. The van der Waals surface area contributed by atoms with Gasteiger partial charge in [-0.05, 0) is 31.5 Å². The summed E-state index contributed by atoms with van der Waals surface area (Å²) in [6, 6.07) is 5.43. The number of alkyl halides is 3. The molecule has 0 aromatic heterocycles. The van der Waals surface area contributed by atoms with Gasteiger partial charge in [-0.2, -0.15) is 13.2 Å². The maximum atomic E-state index is 12.4. The zero-order chi connectivity index (χ0) is 14.6. The lowest BCUT2D eigenvalue weighted by atomic mass is 9.99. The van der Waals surface area contributed by atoms with E-state index in [4.69, 9.17) is 5.73 Å². The molecule has 0 aliphatic rings. The second-order valence-electron chi connectivity index (χ2n) is 4.91. The number of rotatable bonds is 5. The van der Waals surface area contributed by atoms with Crippen LogP contribution in [-0.4, -0.2) is 30.7 Å². The molecule has 1 aromatic rings. The lowest BCUT2D eigenvalue weighted by Crippen LogP contribution is -2.38. The van der Waals surface area contributed by atoms with Crippen LogP contribution in [-0.2, 0) is 0 Å². The third kappa shape index (κ3) is 5.20. The highest BCUT2D eigenvalue weighted by Gasteiger charge is 2.30. The number of nitrogens with two attached hydrogens (primary N) is 1. The Balaban J connectivity index is 2.74. The number of hydrogen-bond acceptors (Lipinski definition) is 2. The van der Waals surface area contributed by atoms with Crippen LogP contribution in [0.3, 0.4) is 0 Å². The van der Waals surface area contributed by atoms with E-state index >= 15 is 0 Å². The average Bonchev–Trinajstić information content (AvgIpc) is 2.25. The Labute approximate surface area is 112 Å². The first kappa shape index (κ1) is 16.0. The van der Waals surface area contributed by atoms with E-state index in [9.17, 15) is 13.2 Å². The molecule has 0 fully saturated rings. The average molecular weight is 274 g/mol. The number of hydrogen-bond donors (Lipinski definition) is 1. The van der Waals surface area contributed by atoms with Crippen molar-refractivity contribution in [3.05, 3.63) is 34.9 Å². The van der Waals surface area contributed by atoms with Gasteiger partial charge in [-0.15, -0.1) is 0 Å². The third-order valence-electron chi connectivity index (χ3n) is 3.13. The molecule has 0 saturated heterocycles. The molecular formula is C14H21F3N2. The molecular weight excluding hydrogens is 253 g/mol. The fourth-order valence-corrected chi connectivity index (χ4v) is 2.18. The fourth-order valence-electron chi connectivity index (χ4n) is 2.18. The number of aryl methyl sites for hydroxylation is 2. The van der Waals surface area contributed by atoms with E-state index in [2.05, 4.69) is 0 Å². The van der Waals surface area contributed by atoms with Crippen LogP contribution in [0.25, 0.3) is 0 Å². The predicted octanol–water partition coefficient (Wildman–Crippen LogP) is 3.19. The summed E-state index contributed by atoms with van der Waals surface area (Å²) in [4.78, 5) is 1.32. The van der Waals surface area contributed by atoms with Crippen LogP contribution in [0.4, 0.5) is 13.2 Å². The van der Waals surface area contributed by atoms with E-state index in [0.717, 1.165) is 16.7 Å². The largest absolute Gasteiger partial charge is 0.401 e. The van der Waals surface area contributed by atoms with Crippen molar-refractivity contribution < 1.29 is 13.2 Å². The predicted molar refractivity (Wildman–Crippen MR) is 71.0 cm³/mol. The summed E-state index contributed by atoms with van der Waals surface area (Å²) in [6.07, 6.45) is -4.18. The molecule has 0 amide bonds. The van der Waals surface area contributed by atoms with Crippen molar-refractivity contribution in [2.75, 3.05) is 19.6 Å². The van der Waals surface area contributed by atoms with Crippen LogP contribution in [0.15, 0.2) is 18.2 Å². The van der Waals surface area contributed by atoms with Crippen molar-refractivity contribution in [1.29, 1.82) is 0 Å². The molecule has 0 heterocycles. The summed E-state index contributed by atoms with van der Waals surface area (Å²) in [6.45, 7) is 5.24. The van der Waals surface area contributed by atoms with Crippen LogP contribution in [0.2, 0.25) is 0 Å². The van der Waals surface area contributed by atoms with E-state index in [1.165, 1.54) is 4.90 Å². The van der Waals surface area contributed by atoms with Gasteiger partial charge in [-0.1, -0.05) is 30.7 Å². The second-order valence-corrected chi connectivity index (χ2v) is 4.91. The van der Waals surface area contributed by atoms with Gasteiger partial charge in [-0.3, -0.25) is 4.90 Å². The highest BCUT2D eigenvalue weighted by molar-refractivity contribution is 5.32. The summed E-state index contributed by atoms with van der Waals surface area (Å²) < 4.78 is 37.2. The zero-order valence-electron chi connectivity index (χ0n) is 11.6. The number of benzene rings is 1. The molecule has 0 spiro atoms. The minimum atomic E-state index is -4.18. The van der Waals surface area contributed by atoms with Crippen molar-refractivity contribution in [2.45, 2.75) is 33.0 Å². The van der Waals surface area contributed by atoms with Gasteiger partial charge in [0, 0.05) is 12.6 Å². The van der Waals surface area contributed by atoms with Crippen LogP contribution in [0.5, 0.6) is 0 Å². The molecule has 0 bridgehead atoms. The highest BCUT2D eigenvalue weighted by atomic mass is 19.4. The number of halogens is 3. The summed E-state index contributed by atoms with van der Waals surface area (Å²) in [5, 5.41) is 0. The second kappa shape index (κ2) is 6.39. The van der Waals surface area contributed by atoms with Crippen molar-refractivity contribution in [2.24, 2.45) is 5.73 Å². The summed E-state index contributed by atoms with van der Waals surface area (Å²) in [5.74, 6) is 0. The first-order valence-electron chi connectivity index (χ1n) is 6.34. The van der Waals surface area contributed by atoms with E-state index in [-0.39, 0.29) is 6.54 Å². The maximum Gasteiger partial charge on any atom is 0.401 e. The third-order valence-corrected chi connectivity index (χ3v) is 3.13. The van der Waals surface area contributed by atoms with Gasteiger partial charge in [0.25, 0.3) is 0 Å². The molecule has 0 aliphatic heterocycles. The molecule has 19 heavy (non-hydrogen) atoms. The SMILES string of the molecule is CCN(CC(N)c1ccc(C)cc1C)CC(F)(F)F. The number of nitrogens with zero attached hydrogens (tertiary/aromatic N) is 1. The Morgan fingerprint density at radius 3 is 2.37 bits per heavy atom. The molecule has 5 heteroatoms. The summed E-state index contributed by atoms with van der Waals surface area (Å²) in [7, 11) is 0. The molecule has 1 atom stereocenters. The van der Waals surface area contributed by atoms with Crippen LogP contribution in [0, 0.1) is 13.8 Å². The van der Waals surface area contributed by atoms with Gasteiger partial charge in [0.2, 0.25) is 0 Å². The van der Waals surface area contributed by atoms with Crippen molar-refractivity contribution in [3.63, 3.8) is 0 Å². The molecule has 108 valence electrons. The summed E-state index contributed by atoms with van der Waals surface area (Å²) >= 11 is 0. The minimum absolute atomic E-state index is 0.208. The lowest BCUT2D eigenvalue weighted by Gasteiger charge is -2.26. The molecule has 0 saturated carbocycles.